The van der Waals surface area contributed by atoms with Crippen LogP contribution in [0.25, 0.3) is 221 Å². The predicted octanol–water partition coefficient (Wildman–Crippen LogP) is 34.5. The molecule has 17 aromatic carbocycles. The van der Waals surface area contributed by atoms with Crippen molar-refractivity contribution in [3.05, 3.63) is 408 Å². The summed E-state index contributed by atoms with van der Waals surface area (Å²) in [6.45, 7) is 31.1. The van der Waals surface area contributed by atoms with Gasteiger partial charge in [-0.1, -0.05) is 310 Å². The van der Waals surface area contributed by atoms with Crippen LogP contribution in [0, 0.1) is 41.5 Å². The van der Waals surface area contributed by atoms with Crippen LogP contribution in [0.4, 0.5) is 0 Å². The zero-order chi connectivity index (χ0) is 94.7. The third-order valence-corrected chi connectivity index (χ3v) is 28.4. The van der Waals surface area contributed by atoms with E-state index in [-0.39, 0.29) is 0 Å². The molecular weight excluding hydrogens is 1690 g/mol. The third kappa shape index (κ3) is 15.2. The third-order valence-electron chi connectivity index (χ3n) is 28.4. The highest BCUT2D eigenvalue weighted by molar-refractivity contribution is 6.22. The maximum Gasteiger partial charge on any atom is 0.216 e. The Kier molecular flexibility index (Phi) is 22.4. The van der Waals surface area contributed by atoms with E-state index in [0.717, 1.165) is 139 Å². The maximum absolute atomic E-state index is 6.56. The Morgan fingerprint density at radius 1 is 0.304 bits per heavy atom. The van der Waals surface area contributed by atoms with E-state index < -0.39 is 0 Å². The first-order chi connectivity index (χ1) is 67.1. The number of hydrogen-bond acceptors (Lipinski definition) is 6. The van der Waals surface area contributed by atoms with Crippen LogP contribution in [0.5, 0.6) is 0 Å². The average Bonchev–Trinajstić information content (AvgIpc) is 1.56. The molecule has 0 amide bonds. The molecule has 25 aromatic rings. The van der Waals surface area contributed by atoms with Gasteiger partial charge in [-0.15, -0.1) is 0 Å². The Morgan fingerprint density at radius 3 is 1.32 bits per heavy atom. The first-order valence-electron chi connectivity index (χ1n) is 48.3. The number of furan rings is 4. The van der Waals surface area contributed by atoms with Crippen LogP contribution in [0.3, 0.4) is 0 Å². The molecule has 8 aromatic heterocycles. The second kappa shape index (κ2) is 35.3. The summed E-state index contributed by atoms with van der Waals surface area (Å²) in [6, 6.07) is 117. The number of imidazole rings is 2. The van der Waals surface area contributed by atoms with E-state index in [9.17, 15) is 0 Å². The zero-order valence-electron chi connectivity index (χ0n) is 81.1. The number of para-hydroxylation sites is 4. The summed E-state index contributed by atoms with van der Waals surface area (Å²) >= 11 is 0. The number of aryl methyl sites for hydroxylation is 8. The highest BCUT2D eigenvalue weighted by Crippen LogP contribution is 2.48. The molecule has 8 heterocycles. The van der Waals surface area contributed by atoms with Crippen molar-refractivity contribution in [3.63, 3.8) is 0 Å². The van der Waals surface area contributed by atoms with Crippen molar-refractivity contribution in [3.8, 4) is 78.9 Å². The molecule has 0 saturated heterocycles. The average molecular weight is 1800 g/mol. The number of fused-ring (bicyclic) bond motifs is 19. The lowest BCUT2D eigenvalue weighted by Gasteiger charge is -2.23. The largest absolute Gasteiger partial charge is 0.456 e. The Hall–Kier alpha value is -16.0. The fraction of sp³-hybridized carbons (Fsp3) is 0.156. The van der Waals surface area contributed by atoms with Gasteiger partial charge in [0.25, 0.3) is 0 Å². The molecule has 0 unspecified atom stereocenters. The molecule has 0 fully saturated rings. The van der Waals surface area contributed by atoms with E-state index in [1.165, 1.54) is 137 Å². The van der Waals surface area contributed by atoms with Gasteiger partial charge in [0.1, 0.15) is 70.4 Å². The van der Waals surface area contributed by atoms with E-state index in [0.29, 0.717) is 23.7 Å². The Morgan fingerprint density at radius 2 is 0.761 bits per heavy atom. The molecule has 0 aliphatic carbocycles. The molecule has 10 heteroatoms. The second-order valence-electron chi connectivity index (χ2n) is 38.7. The minimum Gasteiger partial charge on any atom is -0.456 e. The van der Waals surface area contributed by atoms with Crippen LogP contribution in [0.15, 0.2) is 370 Å². The molecule has 0 radical (unpaired) electrons. The van der Waals surface area contributed by atoms with E-state index >= 15 is 0 Å². The topological polar surface area (TPSA) is 96.0 Å². The summed E-state index contributed by atoms with van der Waals surface area (Å²) in [5.41, 5.74) is 36.3. The van der Waals surface area contributed by atoms with Crippen molar-refractivity contribution in [1.29, 1.82) is 0 Å². The number of pyridine rings is 2. The highest BCUT2D eigenvalue weighted by atomic mass is 16.3. The number of benzene rings is 17. The van der Waals surface area contributed by atoms with Crippen LogP contribution in [0.1, 0.15) is 135 Å². The van der Waals surface area contributed by atoms with Crippen molar-refractivity contribution in [2.45, 2.75) is 121 Å². The fourth-order valence-electron chi connectivity index (χ4n) is 21.3. The van der Waals surface area contributed by atoms with Gasteiger partial charge in [-0.3, -0.25) is 9.13 Å². The lowest BCUT2D eigenvalue weighted by atomic mass is 9.92. The second-order valence-corrected chi connectivity index (χ2v) is 38.7. The monoisotopic (exact) mass is 1790 g/mol. The number of hydrogen-bond donors (Lipinski definition) is 0. The Bertz CT molecular complexity index is 9090. The van der Waals surface area contributed by atoms with Gasteiger partial charge in [-0.05, 0) is 225 Å². The normalized spacial score (nSPS) is 11.9. The van der Waals surface area contributed by atoms with E-state index in [4.69, 9.17) is 27.6 Å². The molecule has 0 N–H and O–H groups in total. The first-order valence-corrected chi connectivity index (χ1v) is 48.3. The van der Waals surface area contributed by atoms with Crippen molar-refractivity contribution in [1.82, 2.24) is 19.1 Å². The summed E-state index contributed by atoms with van der Waals surface area (Å²) in [5.74, 6) is 3.47. The number of nitrogens with zero attached hydrogens (tertiary/aromatic N) is 6. The van der Waals surface area contributed by atoms with E-state index in [1.54, 1.807) is 0 Å². The van der Waals surface area contributed by atoms with Gasteiger partial charge in [0.15, 0.2) is 12.4 Å². The van der Waals surface area contributed by atoms with Crippen molar-refractivity contribution in [2.24, 2.45) is 14.1 Å². The molecule has 0 spiro atoms. The van der Waals surface area contributed by atoms with Gasteiger partial charge in [-0.25, -0.2) is 19.1 Å². The highest BCUT2D eigenvalue weighted by Gasteiger charge is 2.30. The summed E-state index contributed by atoms with van der Waals surface area (Å²) in [7, 11) is 4.22. The quantitative estimate of drug-likeness (QED) is 0.113. The van der Waals surface area contributed by atoms with Crippen molar-refractivity contribution < 1.29 is 26.8 Å². The Labute approximate surface area is 804 Å². The van der Waals surface area contributed by atoms with Gasteiger partial charge in [0.05, 0.1) is 33.5 Å². The molecule has 0 aliphatic heterocycles. The van der Waals surface area contributed by atoms with Crippen molar-refractivity contribution >= 4 is 142 Å². The molecule has 25 rings (SSSR count). The predicted molar refractivity (Wildman–Crippen MR) is 576 cm³/mol. The summed E-state index contributed by atoms with van der Waals surface area (Å²) < 4.78 is 35.2. The van der Waals surface area contributed by atoms with Crippen LogP contribution in [-0.4, -0.2) is 19.1 Å². The fourth-order valence-corrected chi connectivity index (χ4v) is 21.3. The standard InChI is InChI=1S/C36H32N2O.C32H30N2O.2C30H24NO/c1-21(2)25-13-10-14-26(22(3)4)34(25)38-31-16-9-8-15-30(31)37-36(38)27-18-19-29-33-28-12-7-6-11-24(28)17-20-32(33)39-35(29)23(27)5;1-19(2)23-11-8-12-24(20(3)4)30(23)34-18-17-33-32(34)25-14-15-27-29-26-10-7-6-9-22(26)13-16-28(29)35-31(27)21(25)5;1-19-13-14-24-26-15-22-11-7-8-12-23(22)16-28(26)32-30(24)29(19)27-17-25(20(2)18-31(27)3)21-9-5-4-6-10-21;1-19-9-11-22-18-28-26(16-24(22)15-19)25-12-10-20(2)29(30(25)32-28)27-17-23(13-14-31(27)3)21-7-5-4-6-8-21/h6-22H,1-5H3;6-20H,1-5H3;2*4-18H,1-3H3/q;;2*+1. The molecule has 138 heavy (non-hydrogen) atoms. The van der Waals surface area contributed by atoms with Crippen LogP contribution in [-0.2, 0) is 14.1 Å². The molecular formula is C128H110N6O4+2. The maximum atomic E-state index is 6.56. The first kappa shape index (κ1) is 87.3. The van der Waals surface area contributed by atoms with Gasteiger partial charge in [0, 0.05) is 101 Å². The lowest BCUT2D eigenvalue weighted by Crippen LogP contribution is -2.31. The van der Waals surface area contributed by atoms with Crippen molar-refractivity contribution in [2.75, 3.05) is 0 Å². The van der Waals surface area contributed by atoms with Gasteiger partial charge < -0.3 is 17.7 Å². The van der Waals surface area contributed by atoms with Gasteiger partial charge in [-0.2, -0.15) is 0 Å². The molecule has 0 saturated carbocycles. The van der Waals surface area contributed by atoms with E-state index in [2.05, 4.69) is 475 Å². The van der Waals surface area contributed by atoms with Crippen LogP contribution >= 0.6 is 0 Å². The smallest absolute Gasteiger partial charge is 0.216 e. The summed E-state index contributed by atoms with van der Waals surface area (Å²) in [6.07, 6.45) is 8.35. The van der Waals surface area contributed by atoms with E-state index in [1.807, 2.05) is 6.20 Å². The zero-order valence-corrected chi connectivity index (χ0v) is 81.1. The van der Waals surface area contributed by atoms with Gasteiger partial charge in [0.2, 0.25) is 11.4 Å². The molecule has 0 bridgehead atoms. The minimum atomic E-state index is 0.375. The summed E-state index contributed by atoms with van der Waals surface area (Å²) in [5, 5.41) is 19.1. The lowest BCUT2D eigenvalue weighted by molar-refractivity contribution is -0.660. The number of rotatable bonds is 12. The summed E-state index contributed by atoms with van der Waals surface area (Å²) in [4.78, 5) is 10.1. The SMILES string of the molecule is Cc1c(-c2nc3ccccc3n2-c2c(C(C)C)cccc2C(C)C)ccc2c1oc1ccc3ccccc3c12.Cc1c(-c2nccn2-c2c(C(C)C)cccc2C(C)C)ccc2c1oc1ccc3ccccc3c12.Cc1c[n+](C)c(-c2c(C)ccc3c2oc2cc4ccccc4cc23)cc1-c1ccccc1.Cc1ccc2cc3oc4c(-c5cc(-c6ccccc6)cc[n+]5C)c(C)ccc4c3cc2c1. The van der Waals surface area contributed by atoms with Crippen LogP contribution < -0.4 is 9.13 Å². The molecule has 0 atom stereocenters. The molecule has 674 valence electrons. The van der Waals surface area contributed by atoms with Crippen LogP contribution in [0.2, 0.25) is 0 Å². The minimum absolute atomic E-state index is 0.375. The molecule has 0 aliphatic rings. The van der Waals surface area contributed by atoms with Gasteiger partial charge >= 0.3 is 0 Å². The molecule has 10 nitrogen and oxygen atoms in total. The number of aromatic nitrogens is 6. The Balaban J connectivity index is 0.000000107.